The van der Waals surface area contributed by atoms with E-state index in [9.17, 15) is 14.4 Å². The maximum Gasteiger partial charge on any atom is 0.251 e. The summed E-state index contributed by atoms with van der Waals surface area (Å²) in [5.41, 5.74) is 1.25. The Morgan fingerprint density at radius 3 is 2.30 bits per heavy atom. The van der Waals surface area contributed by atoms with Gasteiger partial charge < -0.3 is 20.0 Å². The molecule has 33 heavy (non-hydrogen) atoms. The van der Waals surface area contributed by atoms with Gasteiger partial charge in [0.2, 0.25) is 11.8 Å². The van der Waals surface area contributed by atoms with Gasteiger partial charge in [-0.1, -0.05) is 12.1 Å². The maximum atomic E-state index is 12.8. The average molecular weight is 455 g/mol. The average Bonchev–Trinajstić information content (AvgIpc) is 3.38. The molecule has 1 heterocycles. The van der Waals surface area contributed by atoms with Crippen LogP contribution in [0.25, 0.3) is 0 Å². The number of hydrogen-bond acceptors (Lipinski definition) is 5. The van der Waals surface area contributed by atoms with Crippen molar-refractivity contribution in [1.82, 2.24) is 20.4 Å². The summed E-state index contributed by atoms with van der Waals surface area (Å²) in [6.45, 7) is 6.78. The predicted octanol–water partition coefficient (Wildman–Crippen LogP) is 2.55. The van der Waals surface area contributed by atoms with Crippen molar-refractivity contribution in [1.29, 1.82) is 0 Å². The van der Waals surface area contributed by atoms with E-state index in [2.05, 4.69) is 10.6 Å². The lowest BCUT2D eigenvalue weighted by atomic mass is 10.1. The number of carbonyl (C=O) groups is 3. The van der Waals surface area contributed by atoms with Gasteiger partial charge in [-0.3, -0.25) is 19.3 Å². The number of nitrogens with one attached hydrogen (secondary N) is 2. The van der Waals surface area contributed by atoms with Gasteiger partial charge in [-0.05, 0) is 63.4 Å². The van der Waals surface area contributed by atoms with E-state index in [0.29, 0.717) is 24.7 Å². The van der Waals surface area contributed by atoms with Gasteiger partial charge in [-0.15, -0.1) is 0 Å². The van der Waals surface area contributed by atoms with Gasteiger partial charge in [0.25, 0.3) is 5.91 Å². The molecule has 2 aromatic rings. The summed E-state index contributed by atoms with van der Waals surface area (Å²) in [5, 5.41) is 5.85. The number of benzene rings is 1. The minimum atomic E-state index is -0.353. The molecule has 1 saturated carbocycles. The number of amides is 3. The minimum absolute atomic E-state index is 0.00447. The molecule has 1 aromatic carbocycles. The Hall–Kier alpha value is -3.13. The van der Waals surface area contributed by atoms with Crippen LogP contribution < -0.4 is 10.6 Å². The van der Waals surface area contributed by atoms with Crippen LogP contribution in [-0.2, 0) is 22.7 Å². The first kappa shape index (κ1) is 24.5. The van der Waals surface area contributed by atoms with Crippen molar-refractivity contribution in [3.05, 3.63) is 59.5 Å². The second kappa shape index (κ2) is 10.7. The van der Waals surface area contributed by atoms with Crippen molar-refractivity contribution < 1.29 is 18.8 Å². The van der Waals surface area contributed by atoms with Gasteiger partial charge in [0.05, 0.1) is 25.9 Å². The van der Waals surface area contributed by atoms with Crippen molar-refractivity contribution in [2.45, 2.75) is 58.3 Å². The van der Waals surface area contributed by atoms with Crippen molar-refractivity contribution in [2.75, 3.05) is 20.1 Å². The number of furan rings is 1. The Kier molecular flexibility index (Phi) is 7.92. The van der Waals surface area contributed by atoms with Crippen LogP contribution in [0.1, 0.15) is 55.3 Å². The van der Waals surface area contributed by atoms with Crippen LogP contribution >= 0.6 is 0 Å². The second-order valence-electron chi connectivity index (χ2n) is 9.72. The maximum absolute atomic E-state index is 12.8. The van der Waals surface area contributed by atoms with Gasteiger partial charge in [-0.25, -0.2) is 0 Å². The lowest BCUT2D eigenvalue weighted by Gasteiger charge is -2.26. The van der Waals surface area contributed by atoms with Crippen LogP contribution in [0.2, 0.25) is 0 Å². The smallest absolute Gasteiger partial charge is 0.251 e. The zero-order valence-corrected chi connectivity index (χ0v) is 19.9. The summed E-state index contributed by atoms with van der Waals surface area (Å²) in [4.78, 5) is 40.7. The lowest BCUT2D eigenvalue weighted by molar-refractivity contribution is -0.136. The van der Waals surface area contributed by atoms with E-state index in [1.54, 1.807) is 13.3 Å². The molecular weight excluding hydrogens is 420 g/mol. The third-order valence-electron chi connectivity index (χ3n) is 5.17. The van der Waals surface area contributed by atoms with Crippen LogP contribution in [0.3, 0.4) is 0 Å². The molecule has 0 aliphatic heterocycles. The fourth-order valence-electron chi connectivity index (χ4n) is 3.38. The molecule has 1 aliphatic rings. The highest BCUT2D eigenvalue weighted by atomic mass is 16.3. The second-order valence-corrected chi connectivity index (χ2v) is 9.72. The monoisotopic (exact) mass is 454 g/mol. The van der Waals surface area contributed by atoms with E-state index in [0.717, 1.165) is 24.2 Å². The molecule has 0 radical (unpaired) electrons. The van der Waals surface area contributed by atoms with E-state index in [4.69, 9.17) is 4.42 Å². The number of carbonyl (C=O) groups excluding carboxylic acids is 3. The Balaban J connectivity index is 1.61. The molecule has 3 rings (SSSR count). The summed E-state index contributed by atoms with van der Waals surface area (Å²) in [6, 6.07) is 11.4. The molecule has 1 fully saturated rings. The quantitative estimate of drug-likeness (QED) is 0.575. The standard InChI is InChI=1S/C25H34N4O4/c1-25(2,3)27-22(30)16-28(4)23(31)17-29(15-21-6-5-13-33-21)14-18-7-9-19(10-8-18)24(32)26-20-11-12-20/h5-10,13,20H,11-12,14-17H2,1-4H3,(H,26,32)(H,27,30). The van der Waals surface area contributed by atoms with Crippen molar-refractivity contribution >= 4 is 17.7 Å². The molecule has 8 nitrogen and oxygen atoms in total. The zero-order chi connectivity index (χ0) is 24.0. The van der Waals surface area contributed by atoms with Crippen molar-refractivity contribution in [3.63, 3.8) is 0 Å². The third-order valence-corrected chi connectivity index (χ3v) is 5.17. The highest BCUT2D eigenvalue weighted by Crippen LogP contribution is 2.19. The molecule has 8 heteroatoms. The molecule has 1 aliphatic carbocycles. The summed E-state index contributed by atoms with van der Waals surface area (Å²) in [6.07, 6.45) is 3.70. The van der Waals surface area contributed by atoms with Gasteiger partial charge in [0.1, 0.15) is 5.76 Å². The normalized spacial score (nSPS) is 13.6. The van der Waals surface area contributed by atoms with Crippen molar-refractivity contribution in [3.8, 4) is 0 Å². The summed E-state index contributed by atoms with van der Waals surface area (Å²) >= 11 is 0. The first-order valence-electron chi connectivity index (χ1n) is 11.3. The van der Waals surface area contributed by atoms with Crippen LogP contribution in [0.15, 0.2) is 47.1 Å². The Morgan fingerprint density at radius 2 is 1.73 bits per heavy atom. The van der Waals surface area contributed by atoms with E-state index < -0.39 is 0 Å². The minimum Gasteiger partial charge on any atom is -0.468 e. The van der Waals surface area contributed by atoms with Crippen LogP contribution in [0, 0.1) is 0 Å². The SMILES string of the molecule is CN(CC(=O)NC(C)(C)C)C(=O)CN(Cc1ccc(C(=O)NC2CC2)cc1)Cc1ccco1. The topological polar surface area (TPSA) is 94.9 Å². The number of nitrogens with zero attached hydrogens (tertiary/aromatic N) is 2. The fourth-order valence-corrected chi connectivity index (χ4v) is 3.38. The predicted molar refractivity (Wildman–Crippen MR) is 125 cm³/mol. The van der Waals surface area contributed by atoms with E-state index in [-0.39, 0.29) is 36.3 Å². The summed E-state index contributed by atoms with van der Waals surface area (Å²) in [7, 11) is 1.63. The largest absolute Gasteiger partial charge is 0.468 e. The highest BCUT2D eigenvalue weighted by molar-refractivity contribution is 5.94. The Bertz CT molecular complexity index is 944. The Labute approximate surface area is 195 Å². The molecule has 0 atom stereocenters. The number of likely N-dealkylation sites (N-methyl/N-ethyl adjacent to an activating group) is 1. The molecule has 0 spiro atoms. The molecule has 0 saturated heterocycles. The van der Waals surface area contributed by atoms with E-state index in [1.165, 1.54) is 4.90 Å². The first-order chi connectivity index (χ1) is 15.6. The van der Waals surface area contributed by atoms with E-state index in [1.807, 2.05) is 62.1 Å². The van der Waals surface area contributed by atoms with E-state index >= 15 is 0 Å². The molecule has 0 unspecified atom stereocenters. The molecular formula is C25H34N4O4. The molecule has 178 valence electrons. The molecule has 0 bridgehead atoms. The molecule has 2 N–H and O–H groups in total. The molecule has 1 aromatic heterocycles. The van der Waals surface area contributed by atoms with Gasteiger partial charge in [0.15, 0.2) is 0 Å². The Morgan fingerprint density at radius 1 is 1.03 bits per heavy atom. The van der Waals surface area contributed by atoms with Crippen molar-refractivity contribution in [2.24, 2.45) is 0 Å². The zero-order valence-electron chi connectivity index (χ0n) is 19.9. The van der Waals surface area contributed by atoms with Gasteiger partial charge in [-0.2, -0.15) is 0 Å². The number of rotatable bonds is 10. The van der Waals surface area contributed by atoms with Crippen LogP contribution in [0.5, 0.6) is 0 Å². The summed E-state index contributed by atoms with van der Waals surface area (Å²) < 4.78 is 5.47. The van der Waals surface area contributed by atoms with Crippen LogP contribution in [-0.4, -0.2) is 59.2 Å². The molecule has 3 amide bonds. The summed E-state index contributed by atoms with van der Waals surface area (Å²) in [5.74, 6) is 0.334. The van der Waals surface area contributed by atoms with Crippen LogP contribution in [0.4, 0.5) is 0 Å². The highest BCUT2D eigenvalue weighted by Gasteiger charge is 2.24. The number of hydrogen-bond donors (Lipinski definition) is 2. The third kappa shape index (κ3) is 8.38. The van der Waals surface area contributed by atoms with Gasteiger partial charge >= 0.3 is 0 Å². The fraction of sp³-hybridized carbons (Fsp3) is 0.480. The lowest BCUT2D eigenvalue weighted by Crippen LogP contribution is -2.47. The first-order valence-corrected chi connectivity index (χ1v) is 11.3. The van der Waals surface area contributed by atoms with Gasteiger partial charge in [0, 0.05) is 30.7 Å².